The van der Waals surface area contributed by atoms with E-state index in [-0.39, 0.29) is 24.3 Å². The van der Waals surface area contributed by atoms with E-state index in [0.29, 0.717) is 24.9 Å². The fourth-order valence-corrected chi connectivity index (χ4v) is 3.12. The van der Waals surface area contributed by atoms with Crippen LogP contribution in [0.15, 0.2) is 29.1 Å². The van der Waals surface area contributed by atoms with Crippen molar-refractivity contribution in [3.8, 4) is 0 Å². The lowest BCUT2D eigenvalue weighted by molar-refractivity contribution is -0.137. The molecule has 7 nitrogen and oxygen atoms in total. The molecule has 1 amide bonds. The number of aliphatic carboxylic acids is 1. The van der Waals surface area contributed by atoms with Crippen molar-refractivity contribution < 1.29 is 14.7 Å². The zero-order valence-electron chi connectivity index (χ0n) is 13.1. The third-order valence-corrected chi connectivity index (χ3v) is 4.40. The Hall–Kier alpha value is -2.67. The highest BCUT2D eigenvalue weighted by Crippen LogP contribution is 2.24. The molecule has 1 atom stereocenters. The van der Waals surface area contributed by atoms with Crippen molar-refractivity contribution in [3.63, 3.8) is 0 Å². The fraction of sp³-hybridized carbons (Fsp3) is 0.353. The molecule has 0 bridgehead atoms. The van der Waals surface area contributed by atoms with Gasteiger partial charge in [-0.15, -0.1) is 0 Å². The maximum absolute atomic E-state index is 12.5. The molecule has 2 aromatic rings. The van der Waals surface area contributed by atoms with Crippen LogP contribution >= 0.6 is 0 Å². The van der Waals surface area contributed by atoms with Gasteiger partial charge in [0.1, 0.15) is 0 Å². The van der Waals surface area contributed by atoms with E-state index < -0.39 is 12.0 Å². The second-order valence-electron chi connectivity index (χ2n) is 6.01. The smallest absolute Gasteiger partial charge is 0.303 e. The second kappa shape index (κ2) is 6.45. The summed E-state index contributed by atoms with van der Waals surface area (Å²) in [6.07, 6.45) is 0.532. The van der Waals surface area contributed by atoms with Gasteiger partial charge >= 0.3 is 5.97 Å². The number of carbonyl (C=O) groups excluding carboxylic acids is 1. The van der Waals surface area contributed by atoms with Crippen LogP contribution in [0.3, 0.4) is 0 Å². The number of hydrogen-bond donors (Lipinski definition) is 3. The Labute approximate surface area is 138 Å². The van der Waals surface area contributed by atoms with Crippen molar-refractivity contribution in [1.29, 1.82) is 0 Å². The molecule has 0 saturated carbocycles. The van der Waals surface area contributed by atoms with Crippen LogP contribution in [0.25, 0.3) is 10.8 Å². The number of hydrogen-bond acceptors (Lipinski definition) is 4. The summed E-state index contributed by atoms with van der Waals surface area (Å²) in [7, 11) is 0. The average molecular weight is 329 g/mol. The number of carboxylic acid groups (broad SMARTS) is 1. The zero-order chi connectivity index (χ0) is 17.3. The highest BCUT2D eigenvalue weighted by molar-refractivity contribution is 5.87. The first kappa shape index (κ1) is 16.2. The Morgan fingerprint density at radius 3 is 2.71 bits per heavy atom. The number of carboxylic acids is 1. The first-order valence-corrected chi connectivity index (χ1v) is 7.86. The number of H-pyrrole nitrogens is 1. The van der Waals surface area contributed by atoms with Gasteiger partial charge in [0.25, 0.3) is 5.56 Å². The molecule has 3 rings (SSSR count). The molecule has 2 heterocycles. The molecule has 4 N–H and O–H groups in total. The number of nitrogens with zero attached hydrogens (tertiary/aromatic N) is 1. The number of carbonyl (C=O) groups is 2. The van der Waals surface area contributed by atoms with Crippen LogP contribution in [0.5, 0.6) is 0 Å². The van der Waals surface area contributed by atoms with Crippen LogP contribution in [0.1, 0.15) is 24.1 Å². The van der Waals surface area contributed by atoms with E-state index in [2.05, 4.69) is 4.98 Å². The molecule has 0 spiro atoms. The number of pyridine rings is 1. The van der Waals surface area contributed by atoms with Crippen molar-refractivity contribution in [3.05, 3.63) is 45.9 Å². The molecule has 1 aromatic heterocycles. The van der Waals surface area contributed by atoms with Crippen LogP contribution in [-0.4, -0.2) is 39.5 Å². The molecule has 7 heteroatoms. The van der Waals surface area contributed by atoms with Gasteiger partial charge < -0.3 is 20.7 Å². The number of aromatic amines is 1. The van der Waals surface area contributed by atoms with Gasteiger partial charge in [-0.05, 0) is 23.4 Å². The van der Waals surface area contributed by atoms with Crippen LogP contribution in [0.4, 0.5) is 0 Å². The van der Waals surface area contributed by atoms with Crippen LogP contribution < -0.4 is 11.3 Å². The molecule has 1 aliphatic heterocycles. The average Bonchev–Trinajstić information content (AvgIpc) is 2.59. The van der Waals surface area contributed by atoms with Gasteiger partial charge in [-0.1, -0.05) is 18.2 Å². The summed E-state index contributed by atoms with van der Waals surface area (Å²) in [4.78, 5) is 39.7. The number of fused-ring (bicyclic) bond motifs is 3. The Kier molecular flexibility index (Phi) is 4.35. The predicted octanol–water partition coefficient (Wildman–Crippen LogP) is 0.605. The van der Waals surface area contributed by atoms with Crippen molar-refractivity contribution in [2.24, 2.45) is 5.73 Å². The first-order chi connectivity index (χ1) is 11.5. The van der Waals surface area contributed by atoms with Crippen molar-refractivity contribution in [1.82, 2.24) is 9.88 Å². The van der Waals surface area contributed by atoms with Crippen molar-refractivity contribution in [2.45, 2.75) is 31.8 Å². The van der Waals surface area contributed by atoms with Crippen LogP contribution in [-0.2, 0) is 22.6 Å². The summed E-state index contributed by atoms with van der Waals surface area (Å²) in [5.74, 6) is -1.22. The highest BCUT2D eigenvalue weighted by atomic mass is 16.4. The third-order valence-electron chi connectivity index (χ3n) is 4.40. The largest absolute Gasteiger partial charge is 0.481 e. The normalized spacial score (nSPS) is 15.1. The molecule has 0 unspecified atom stereocenters. The minimum Gasteiger partial charge on any atom is -0.481 e. The number of nitrogens with one attached hydrogen (secondary N) is 1. The fourth-order valence-electron chi connectivity index (χ4n) is 3.12. The minimum absolute atomic E-state index is 0.115. The van der Waals surface area contributed by atoms with Gasteiger partial charge in [-0.25, -0.2) is 0 Å². The van der Waals surface area contributed by atoms with E-state index >= 15 is 0 Å². The van der Waals surface area contributed by atoms with E-state index in [1.165, 1.54) is 0 Å². The summed E-state index contributed by atoms with van der Waals surface area (Å²) in [6, 6.07) is 6.48. The van der Waals surface area contributed by atoms with Crippen molar-refractivity contribution in [2.75, 3.05) is 6.54 Å². The Morgan fingerprint density at radius 1 is 1.29 bits per heavy atom. The summed E-state index contributed by atoms with van der Waals surface area (Å²) in [6.45, 7) is 0.827. The zero-order valence-corrected chi connectivity index (χ0v) is 13.1. The van der Waals surface area contributed by atoms with Gasteiger partial charge in [0.2, 0.25) is 5.91 Å². The number of benzene rings is 1. The molecule has 1 aliphatic rings. The van der Waals surface area contributed by atoms with E-state index in [1.54, 1.807) is 17.0 Å². The number of nitrogens with two attached hydrogens (primary N) is 1. The number of rotatable bonds is 4. The Morgan fingerprint density at radius 2 is 2.00 bits per heavy atom. The summed E-state index contributed by atoms with van der Waals surface area (Å²) in [5, 5.41) is 10.2. The van der Waals surface area contributed by atoms with Gasteiger partial charge in [-0.2, -0.15) is 0 Å². The summed E-state index contributed by atoms with van der Waals surface area (Å²) >= 11 is 0. The van der Waals surface area contributed by atoms with Gasteiger partial charge in [-0.3, -0.25) is 14.4 Å². The lowest BCUT2D eigenvalue weighted by Gasteiger charge is -2.31. The number of aromatic nitrogens is 1. The molecule has 0 saturated heterocycles. The van der Waals surface area contributed by atoms with E-state index in [0.717, 1.165) is 16.6 Å². The quantitative estimate of drug-likeness (QED) is 0.759. The number of amides is 1. The van der Waals surface area contributed by atoms with Crippen LogP contribution in [0, 0.1) is 0 Å². The standard InChI is InChI=1S/C17H19N3O4/c18-13(5-6-15(21)22)17(24)20-8-7-14-12(9-20)10-3-1-2-4-11(10)16(23)19-14/h1-4,13H,5-9,18H2,(H,19,23)(H,21,22)/t13-/m1/s1. The van der Waals surface area contributed by atoms with Gasteiger partial charge in [0.15, 0.2) is 0 Å². The van der Waals surface area contributed by atoms with Crippen molar-refractivity contribution >= 4 is 22.6 Å². The highest BCUT2D eigenvalue weighted by Gasteiger charge is 2.27. The molecule has 0 fully saturated rings. The van der Waals surface area contributed by atoms with E-state index in [1.807, 2.05) is 12.1 Å². The topological polar surface area (TPSA) is 116 Å². The maximum Gasteiger partial charge on any atom is 0.303 e. The molecule has 126 valence electrons. The van der Waals surface area contributed by atoms with Gasteiger partial charge in [0, 0.05) is 37.0 Å². The maximum atomic E-state index is 12.5. The lowest BCUT2D eigenvalue weighted by atomic mass is 9.98. The monoisotopic (exact) mass is 329 g/mol. The molecule has 0 aliphatic carbocycles. The Bertz CT molecular complexity index is 859. The van der Waals surface area contributed by atoms with E-state index in [9.17, 15) is 14.4 Å². The van der Waals surface area contributed by atoms with E-state index in [4.69, 9.17) is 10.8 Å². The Balaban J connectivity index is 1.86. The molecular weight excluding hydrogens is 310 g/mol. The molecular formula is C17H19N3O4. The lowest BCUT2D eigenvalue weighted by Crippen LogP contribution is -2.46. The molecule has 24 heavy (non-hydrogen) atoms. The minimum atomic E-state index is -0.967. The second-order valence-corrected chi connectivity index (χ2v) is 6.01. The summed E-state index contributed by atoms with van der Waals surface area (Å²) < 4.78 is 0. The molecule has 1 aromatic carbocycles. The third kappa shape index (κ3) is 3.03. The van der Waals surface area contributed by atoms with Crippen LogP contribution in [0.2, 0.25) is 0 Å². The SMILES string of the molecule is N[C@H](CCC(=O)O)C(=O)N1CCc2[nH]c(=O)c3ccccc3c2C1. The molecule has 0 radical (unpaired) electrons. The summed E-state index contributed by atoms with van der Waals surface area (Å²) in [5.41, 5.74) is 7.49. The first-order valence-electron chi connectivity index (χ1n) is 7.86. The predicted molar refractivity (Wildman–Crippen MR) is 88.5 cm³/mol. The van der Waals surface area contributed by atoms with Gasteiger partial charge in [0.05, 0.1) is 6.04 Å².